The Balaban J connectivity index is 2.10. The zero-order chi connectivity index (χ0) is 28.4. The highest BCUT2D eigenvalue weighted by atomic mass is 79.9. The Hall–Kier alpha value is -1.53. The van der Waals surface area contributed by atoms with E-state index in [1.165, 1.54) is 6.07 Å². The molecule has 0 amide bonds. The summed E-state index contributed by atoms with van der Waals surface area (Å²) in [5.41, 5.74) is 2.55. The van der Waals surface area contributed by atoms with Gasteiger partial charge in [0, 0.05) is 32.7 Å². The first-order valence-electron chi connectivity index (χ1n) is 12.6. The maximum Gasteiger partial charge on any atom is 0.234 e. The van der Waals surface area contributed by atoms with Crippen molar-refractivity contribution in [1.82, 2.24) is 8.62 Å². The lowest BCUT2D eigenvalue weighted by Crippen LogP contribution is -2.54. The average Bonchev–Trinajstić information content (AvgIpc) is 3.07. The van der Waals surface area contributed by atoms with Gasteiger partial charge in [0.25, 0.3) is 0 Å². The smallest absolute Gasteiger partial charge is 0.234 e. The van der Waals surface area contributed by atoms with Gasteiger partial charge in [0.1, 0.15) is 8.24 Å². The predicted octanol–water partition coefficient (Wildman–Crippen LogP) is 8.08. The number of aromatic nitrogens is 1. The number of rotatable bonds is 6. The molecule has 0 fully saturated rings. The summed E-state index contributed by atoms with van der Waals surface area (Å²) >= 11 is 3.71. The summed E-state index contributed by atoms with van der Waals surface area (Å²) < 4.78 is 33.3. The number of halogens is 1. The first kappa shape index (κ1) is 30.0. The zero-order valence-corrected chi connectivity index (χ0v) is 28.4. The van der Waals surface area contributed by atoms with Crippen LogP contribution in [0.15, 0.2) is 52.0 Å². The molecule has 37 heavy (non-hydrogen) atoms. The van der Waals surface area contributed by atoms with Crippen molar-refractivity contribution in [3.8, 4) is 0 Å². The van der Waals surface area contributed by atoms with Crippen molar-refractivity contribution < 1.29 is 13.2 Å². The van der Waals surface area contributed by atoms with Gasteiger partial charge in [0.15, 0.2) is 14.0 Å². The number of benzene rings is 2. The Bertz CT molecular complexity index is 1480. The molecule has 1 heterocycles. The largest absolute Gasteiger partial charge is 0.373 e. The highest BCUT2D eigenvalue weighted by Gasteiger charge is 2.40. The summed E-state index contributed by atoms with van der Waals surface area (Å²) in [5, 5.41) is 1.01. The molecule has 0 saturated heterocycles. The van der Waals surface area contributed by atoms with Crippen molar-refractivity contribution in [3.63, 3.8) is 0 Å². The number of fused-ring (bicyclic) bond motifs is 1. The van der Waals surface area contributed by atoms with Crippen LogP contribution in [0.25, 0.3) is 10.9 Å². The van der Waals surface area contributed by atoms with E-state index in [-0.39, 0.29) is 20.8 Å². The molecule has 0 aliphatic rings. The van der Waals surface area contributed by atoms with Crippen LogP contribution in [0, 0.1) is 6.92 Å². The zero-order valence-electron chi connectivity index (χ0n) is 24.0. The summed E-state index contributed by atoms with van der Waals surface area (Å²) in [5.74, 6) is -0.190. The second-order valence-electron chi connectivity index (χ2n) is 13.2. The van der Waals surface area contributed by atoms with Crippen molar-refractivity contribution in [1.29, 1.82) is 0 Å². The lowest BCUT2D eigenvalue weighted by molar-refractivity contribution is 0.103. The molecule has 0 unspecified atom stereocenters. The van der Waals surface area contributed by atoms with Gasteiger partial charge in [-0.25, -0.2) is 12.8 Å². The van der Waals surface area contributed by atoms with E-state index in [0.29, 0.717) is 16.7 Å². The molecule has 0 atom stereocenters. The Morgan fingerprint density at radius 3 is 1.97 bits per heavy atom. The topological polar surface area (TPSA) is 68.2 Å². The van der Waals surface area contributed by atoms with Gasteiger partial charge in [-0.3, -0.25) is 4.79 Å². The van der Waals surface area contributed by atoms with Gasteiger partial charge in [-0.05, 0) is 50.6 Å². The van der Waals surface area contributed by atoms with E-state index in [0.717, 1.165) is 15.4 Å². The highest BCUT2D eigenvalue weighted by Crippen LogP contribution is 2.41. The molecule has 3 rings (SSSR count). The second kappa shape index (κ2) is 9.59. The van der Waals surface area contributed by atoms with E-state index in [4.69, 9.17) is 0 Å². The minimum absolute atomic E-state index is 0.107. The Kier molecular flexibility index (Phi) is 7.78. The van der Waals surface area contributed by atoms with Crippen molar-refractivity contribution in [3.05, 3.63) is 63.8 Å². The van der Waals surface area contributed by atoms with Crippen molar-refractivity contribution in [2.75, 3.05) is 0 Å². The number of sulfonamides is 1. The summed E-state index contributed by atoms with van der Waals surface area (Å²) in [6, 6.07) is 10.7. The van der Waals surface area contributed by atoms with Crippen LogP contribution in [0.1, 0.15) is 63.0 Å². The number of hydrogen-bond acceptors (Lipinski definition) is 3. The molecule has 0 aliphatic carbocycles. The van der Waals surface area contributed by atoms with Gasteiger partial charge in [-0.2, -0.15) is 0 Å². The number of ketones is 1. The molecule has 202 valence electrons. The summed E-state index contributed by atoms with van der Waals surface area (Å²) in [4.78, 5) is 13.8. The number of aryl methyl sites for hydroxylation is 1. The maximum atomic E-state index is 13.7. The number of nitrogens with one attached hydrogen (secondary N) is 1. The third-order valence-electron chi connectivity index (χ3n) is 8.46. The van der Waals surface area contributed by atoms with Gasteiger partial charge in [-0.15, -0.1) is 0 Å². The average molecular weight is 622 g/mol. The molecular formula is C28H41BrN2O3SSi2. The second-order valence-corrected chi connectivity index (χ2v) is 26.1. The monoisotopic (exact) mass is 620 g/mol. The molecule has 0 radical (unpaired) electrons. The quantitative estimate of drug-likeness (QED) is 0.224. The molecular weight excluding hydrogens is 580 g/mol. The highest BCUT2D eigenvalue weighted by molar-refractivity contribution is 9.10. The lowest BCUT2D eigenvalue weighted by atomic mass is 10.0. The molecule has 9 heteroatoms. The van der Waals surface area contributed by atoms with Crippen molar-refractivity contribution >= 4 is 59.1 Å². The number of carbonyl (C=O) groups is 1. The molecule has 2 aromatic carbocycles. The van der Waals surface area contributed by atoms with E-state index < -0.39 is 26.5 Å². The predicted molar refractivity (Wildman–Crippen MR) is 164 cm³/mol. The molecule has 0 saturated carbocycles. The fourth-order valence-electron chi connectivity index (χ4n) is 3.89. The fourth-order valence-corrected chi connectivity index (χ4v) is 11.7. The first-order chi connectivity index (χ1) is 16.6. The van der Waals surface area contributed by atoms with E-state index >= 15 is 0 Å². The third-order valence-corrected chi connectivity index (χ3v) is 22.2. The Morgan fingerprint density at radius 1 is 0.892 bits per heavy atom. The Labute approximate surface area is 233 Å². The van der Waals surface area contributed by atoms with Crippen molar-refractivity contribution in [2.45, 2.75) is 89.6 Å². The van der Waals surface area contributed by atoms with Crippen LogP contribution in [0.3, 0.4) is 0 Å². The minimum Gasteiger partial charge on any atom is -0.373 e. The first-order valence-corrected chi connectivity index (χ1v) is 20.8. The van der Waals surface area contributed by atoms with Crippen LogP contribution < -0.4 is 4.39 Å². The normalized spacial score (nSPS) is 13.8. The van der Waals surface area contributed by atoms with Crippen LogP contribution in [-0.2, 0) is 10.0 Å². The summed E-state index contributed by atoms with van der Waals surface area (Å²) in [6.07, 6.45) is 2.14. The molecule has 3 aromatic rings. The molecule has 0 spiro atoms. The molecule has 0 bridgehead atoms. The lowest BCUT2D eigenvalue weighted by Gasteiger charge is -2.38. The van der Waals surface area contributed by atoms with Crippen LogP contribution >= 0.6 is 15.9 Å². The van der Waals surface area contributed by atoms with Crippen LogP contribution in [0.2, 0.25) is 36.3 Å². The molecule has 1 aromatic heterocycles. The minimum atomic E-state index is -3.79. The van der Waals surface area contributed by atoms with E-state index in [2.05, 4.69) is 85.4 Å². The van der Waals surface area contributed by atoms with Gasteiger partial charge < -0.3 is 4.23 Å². The maximum absolute atomic E-state index is 13.7. The summed E-state index contributed by atoms with van der Waals surface area (Å²) in [6.45, 7) is 23.4. The van der Waals surface area contributed by atoms with Crippen LogP contribution in [0.5, 0.6) is 0 Å². The molecule has 1 N–H and O–H groups in total. The number of nitrogens with zero attached hydrogens (tertiary/aromatic N) is 1. The fraction of sp³-hybridized carbons (Fsp3) is 0.464. The number of carbonyl (C=O) groups excluding carboxylic acids is 1. The van der Waals surface area contributed by atoms with E-state index in [9.17, 15) is 13.2 Å². The van der Waals surface area contributed by atoms with Gasteiger partial charge in [0.05, 0.1) is 4.90 Å². The van der Waals surface area contributed by atoms with E-state index in [1.807, 2.05) is 31.3 Å². The third kappa shape index (κ3) is 5.61. The van der Waals surface area contributed by atoms with Crippen molar-refractivity contribution in [2.24, 2.45) is 0 Å². The van der Waals surface area contributed by atoms with Crippen LogP contribution in [0.4, 0.5) is 0 Å². The SMILES string of the molecule is Cc1ccc(C(=O)c2ccc3c(Br)cn([Si](C)(C)C(C)(C)C)c3c2)cc1S(=O)(=O)N[Si](C)(C)C(C)(C)C. The molecule has 0 aliphatic heterocycles. The number of hydrogen-bond donors (Lipinski definition) is 1. The Morgan fingerprint density at radius 2 is 1.43 bits per heavy atom. The van der Waals surface area contributed by atoms with E-state index in [1.54, 1.807) is 19.1 Å². The summed E-state index contributed by atoms with van der Waals surface area (Å²) in [7, 11) is -8.09. The van der Waals surface area contributed by atoms with Gasteiger partial charge in [0.2, 0.25) is 10.0 Å². The standard InChI is InChI=1S/C28H41BrN2O3SSi2/c1-19-12-13-21(17-25(19)35(33,34)30-36(8,9)27(2,3)4)26(32)20-14-15-22-23(29)18-31(24(22)16-20)37(10,11)28(5,6)7/h12-18,30H,1-11H3. The van der Waals surface area contributed by atoms with Gasteiger partial charge in [-0.1, -0.05) is 92.0 Å². The van der Waals surface area contributed by atoms with Crippen LogP contribution in [-0.4, -0.2) is 34.9 Å². The van der Waals surface area contributed by atoms with Gasteiger partial charge >= 0.3 is 0 Å². The molecule has 5 nitrogen and oxygen atoms in total.